The Morgan fingerprint density at radius 1 is 1.07 bits per heavy atom. The topological polar surface area (TPSA) is 53.5 Å². The maximum Gasteiger partial charge on any atom is 0.229 e. The molecule has 1 aromatic heterocycles. The Balaban J connectivity index is 1.91. The number of ether oxygens (including phenoxy) is 1. The lowest BCUT2D eigenvalue weighted by Gasteiger charge is -2.34. The molecule has 0 aliphatic heterocycles. The van der Waals surface area contributed by atoms with E-state index in [-0.39, 0.29) is 0 Å². The molecule has 0 saturated heterocycles. The molecule has 1 aliphatic carbocycles. The lowest BCUT2D eigenvalue weighted by atomic mass is 9.94. The second-order valence-corrected chi connectivity index (χ2v) is 7.77. The predicted molar refractivity (Wildman–Crippen MR) is 117 cm³/mol. The van der Waals surface area contributed by atoms with Crippen molar-refractivity contribution in [3.63, 3.8) is 0 Å². The van der Waals surface area contributed by atoms with Crippen LogP contribution >= 0.6 is 0 Å². The second kappa shape index (κ2) is 9.73. The summed E-state index contributed by atoms with van der Waals surface area (Å²) in [7, 11) is 5.78. The lowest BCUT2D eigenvalue weighted by Crippen LogP contribution is -2.40. The van der Waals surface area contributed by atoms with Crippen LogP contribution in [0.4, 0.5) is 23.3 Å². The van der Waals surface area contributed by atoms with Crippen LogP contribution in [-0.2, 0) is 4.74 Å². The van der Waals surface area contributed by atoms with Crippen molar-refractivity contribution in [1.82, 2.24) is 9.97 Å². The van der Waals surface area contributed by atoms with Crippen molar-refractivity contribution in [2.75, 3.05) is 49.5 Å². The summed E-state index contributed by atoms with van der Waals surface area (Å²) in [4.78, 5) is 14.1. The Morgan fingerprint density at radius 2 is 1.79 bits per heavy atom. The smallest absolute Gasteiger partial charge is 0.229 e. The molecule has 1 aromatic carbocycles. The van der Waals surface area contributed by atoms with Gasteiger partial charge in [-0.2, -0.15) is 9.97 Å². The van der Waals surface area contributed by atoms with Crippen LogP contribution in [0.3, 0.4) is 0 Å². The van der Waals surface area contributed by atoms with Crippen molar-refractivity contribution in [3.8, 4) is 0 Å². The molecule has 1 saturated carbocycles. The highest BCUT2D eigenvalue weighted by atomic mass is 16.5. The Kier molecular flexibility index (Phi) is 7.09. The normalized spacial score (nSPS) is 14.7. The molecule has 0 radical (unpaired) electrons. The number of aromatic nitrogens is 2. The zero-order valence-electron chi connectivity index (χ0n) is 17.6. The molecule has 6 heteroatoms. The van der Waals surface area contributed by atoms with Crippen molar-refractivity contribution in [2.45, 2.75) is 45.1 Å². The summed E-state index contributed by atoms with van der Waals surface area (Å²) >= 11 is 0. The van der Waals surface area contributed by atoms with Crippen molar-refractivity contribution in [1.29, 1.82) is 0 Å². The van der Waals surface area contributed by atoms with E-state index in [9.17, 15) is 0 Å². The quantitative estimate of drug-likeness (QED) is 0.730. The fourth-order valence-electron chi connectivity index (χ4n) is 3.66. The summed E-state index contributed by atoms with van der Waals surface area (Å²) in [6.07, 6.45) is 6.26. The molecule has 0 atom stereocenters. The molecule has 1 aliphatic rings. The number of hydrogen-bond acceptors (Lipinski definition) is 6. The highest BCUT2D eigenvalue weighted by Gasteiger charge is 2.24. The van der Waals surface area contributed by atoms with Gasteiger partial charge in [0.2, 0.25) is 5.95 Å². The Bertz CT molecular complexity index is 741. The number of anilines is 4. The van der Waals surface area contributed by atoms with Gasteiger partial charge in [-0.05, 0) is 31.9 Å². The highest BCUT2D eigenvalue weighted by molar-refractivity contribution is 5.62. The van der Waals surface area contributed by atoms with Gasteiger partial charge in [-0.3, -0.25) is 0 Å². The van der Waals surface area contributed by atoms with E-state index in [1.165, 1.54) is 37.7 Å². The maximum atomic E-state index is 5.38. The van der Waals surface area contributed by atoms with Gasteiger partial charge in [0.05, 0.1) is 6.61 Å². The van der Waals surface area contributed by atoms with E-state index < -0.39 is 0 Å². The molecule has 28 heavy (non-hydrogen) atoms. The molecule has 0 spiro atoms. The van der Waals surface area contributed by atoms with Gasteiger partial charge < -0.3 is 19.9 Å². The van der Waals surface area contributed by atoms with Crippen molar-refractivity contribution in [3.05, 3.63) is 35.9 Å². The molecule has 1 heterocycles. The minimum atomic E-state index is 0.480. The van der Waals surface area contributed by atoms with Crippen LogP contribution in [0.25, 0.3) is 0 Å². The first-order chi connectivity index (χ1) is 13.6. The van der Waals surface area contributed by atoms with Crippen molar-refractivity contribution >= 4 is 23.3 Å². The Morgan fingerprint density at radius 3 is 2.43 bits per heavy atom. The van der Waals surface area contributed by atoms with Crippen LogP contribution in [0.2, 0.25) is 0 Å². The molecule has 1 N–H and O–H groups in total. The number of rotatable bonds is 8. The van der Waals surface area contributed by atoms with E-state index in [0.717, 1.165) is 29.8 Å². The first-order valence-electron chi connectivity index (χ1n) is 10.2. The number of benzene rings is 1. The molecule has 2 aromatic rings. The minimum Gasteiger partial charge on any atom is -0.383 e. The first kappa shape index (κ1) is 20.4. The van der Waals surface area contributed by atoms with Crippen LogP contribution in [0.15, 0.2) is 30.3 Å². The maximum absolute atomic E-state index is 5.38. The number of nitrogens with one attached hydrogen (secondary N) is 1. The molecule has 1 fully saturated rings. The van der Waals surface area contributed by atoms with Gasteiger partial charge in [0.25, 0.3) is 0 Å². The molecule has 0 unspecified atom stereocenters. The first-order valence-corrected chi connectivity index (χ1v) is 10.2. The van der Waals surface area contributed by atoms with E-state index in [4.69, 9.17) is 14.7 Å². The second-order valence-electron chi connectivity index (χ2n) is 7.77. The number of hydrogen-bond donors (Lipinski definition) is 1. The van der Waals surface area contributed by atoms with E-state index in [1.807, 2.05) is 25.1 Å². The third kappa shape index (κ3) is 5.35. The molecule has 3 rings (SSSR count). The van der Waals surface area contributed by atoms with Crippen molar-refractivity contribution in [2.24, 2.45) is 0 Å². The van der Waals surface area contributed by atoms with Gasteiger partial charge in [-0.15, -0.1) is 0 Å². The molecule has 0 bridgehead atoms. The Labute approximate surface area is 168 Å². The monoisotopic (exact) mass is 383 g/mol. The third-order valence-corrected chi connectivity index (χ3v) is 5.29. The summed E-state index contributed by atoms with van der Waals surface area (Å²) in [5.41, 5.74) is 2.27. The van der Waals surface area contributed by atoms with Crippen molar-refractivity contribution < 1.29 is 4.74 Å². The summed E-state index contributed by atoms with van der Waals surface area (Å²) in [6, 6.07) is 10.8. The van der Waals surface area contributed by atoms with Gasteiger partial charge in [-0.25, -0.2) is 0 Å². The van der Waals surface area contributed by atoms with Crippen LogP contribution in [0, 0.1) is 6.92 Å². The van der Waals surface area contributed by atoms with Gasteiger partial charge in [-0.1, -0.05) is 37.0 Å². The largest absolute Gasteiger partial charge is 0.383 e. The zero-order valence-corrected chi connectivity index (χ0v) is 17.6. The van der Waals surface area contributed by atoms with E-state index in [0.29, 0.717) is 12.6 Å². The fourth-order valence-corrected chi connectivity index (χ4v) is 3.66. The predicted octanol–water partition coefficient (Wildman–Crippen LogP) is 4.38. The number of nitrogens with zero attached hydrogens (tertiary/aromatic N) is 4. The van der Waals surface area contributed by atoms with E-state index in [1.54, 1.807) is 7.11 Å². The lowest BCUT2D eigenvalue weighted by molar-refractivity contribution is 0.200. The standard InChI is InChI=1S/C22H33N5O/c1-17-10-12-18(13-11-17)23-20-16-21(26(2)3)25-22(24-20)27(14-15-28-4)19-8-6-5-7-9-19/h10-13,16,19H,5-9,14-15H2,1-4H3,(H,23,24,25). The molecule has 152 valence electrons. The Hall–Kier alpha value is -2.34. The van der Waals surface area contributed by atoms with Crippen LogP contribution in [-0.4, -0.2) is 50.4 Å². The number of methoxy groups -OCH3 is 1. The van der Waals surface area contributed by atoms with Crippen LogP contribution < -0.4 is 15.1 Å². The summed E-state index contributed by atoms with van der Waals surface area (Å²) in [5, 5.41) is 3.44. The zero-order chi connectivity index (χ0) is 19.9. The van der Waals surface area contributed by atoms with Gasteiger partial charge in [0.1, 0.15) is 11.6 Å². The fraction of sp³-hybridized carbons (Fsp3) is 0.545. The summed E-state index contributed by atoms with van der Waals surface area (Å²) in [6.45, 7) is 3.57. The molecular weight excluding hydrogens is 350 g/mol. The highest BCUT2D eigenvalue weighted by Crippen LogP contribution is 2.28. The third-order valence-electron chi connectivity index (χ3n) is 5.29. The van der Waals surface area contributed by atoms with Crippen LogP contribution in [0.5, 0.6) is 0 Å². The van der Waals surface area contributed by atoms with E-state index >= 15 is 0 Å². The molecular formula is C22H33N5O. The average molecular weight is 384 g/mol. The van der Waals surface area contributed by atoms with E-state index in [2.05, 4.69) is 41.4 Å². The summed E-state index contributed by atoms with van der Waals surface area (Å²) < 4.78 is 5.38. The van der Waals surface area contributed by atoms with Gasteiger partial charge >= 0.3 is 0 Å². The van der Waals surface area contributed by atoms with Gasteiger partial charge in [0, 0.05) is 45.5 Å². The summed E-state index contributed by atoms with van der Waals surface area (Å²) in [5.74, 6) is 2.50. The van der Waals surface area contributed by atoms with Gasteiger partial charge in [0.15, 0.2) is 0 Å². The molecule has 0 amide bonds. The van der Waals surface area contributed by atoms with Crippen LogP contribution in [0.1, 0.15) is 37.7 Å². The molecule has 6 nitrogen and oxygen atoms in total. The number of aryl methyl sites for hydroxylation is 1. The SMILES string of the molecule is COCCN(c1nc(Nc2ccc(C)cc2)cc(N(C)C)n1)C1CCCCC1. The average Bonchev–Trinajstić information content (AvgIpc) is 2.71. The minimum absolute atomic E-state index is 0.480.